The van der Waals surface area contributed by atoms with Gasteiger partial charge in [-0.1, -0.05) is 0 Å². The Hall–Kier alpha value is 0.360. The molecule has 1 saturated heterocycles. The average Bonchev–Trinajstić information content (AvgIpc) is 2.23. The van der Waals surface area contributed by atoms with E-state index in [1.54, 1.807) is 0 Å². The minimum atomic E-state index is -2.52. The lowest BCUT2D eigenvalue weighted by Crippen LogP contribution is -2.45. The van der Waals surface area contributed by atoms with Crippen LogP contribution in [0.4, 0.5) is 8.78 Å². The van der Waals surface area contributed by atoms with Crippen LogP contribution < -0.4 is 11.1 Å². The third-order valence-electron chi connectivity index (χ3n) is 3.52. The lowest BCUT2D eigenvalue weighted by molar-refractivity contribution is -0.00756. The standard InChI is InChI=1S/C9H16F2N2.2ClH/c10-9(11)5-7(12)8(6-9)1-3-13-4-2-8;;/h7,13H,1-6,12H2;2*1H/t7-;;/m0../s1. The molecule has 6 heteroatoms. The average molecular weight is 263 g/mol. The van der Waals surface area contributed by atoms with Gasteiger partial charge in [0.25, 0.3) is 0 Å². The number of rotatable bonds is 0. The Morgan fingerprint density at radius 3 is 2.07 bits per heavy atom. The molecule has 0 aromatic heterocycles. The van der Waals surface area contributed by atoms with Crippen LogP contribution in [0.15, 0.2) is 0 Å². The monoisotopic (exact) mass is 262 g/mol. The zero-order valence-electron chi connectivity index (χ0n) is 8.47. The van der Waals surface area contributed by atoms with Crippen LogP contribution in [0.5, 0.6) is 0 Å². The van der Waals surface area contributed by atoms with E-state index >= 15 is 0 Å². The fourth-order valence-corrected chi connectivity index (χ4v) is 2.73. The van der Waals surface area contributed by atoms with Gasteiger partial charge in [0.2, 0.25) is 5.92 Å². The molecule has 3 N–H and O–H groups in total. The van der Waals surface area contributed by atoms with Gasteiger partial charge in [-0.25, -0.2) is 8.78 Å². The molecule has 0 amide bonds. The van der Waals surface area contributed by atoms with Crippen LogP contribution in [0.1, 0.15) is 25.7 Å². The van der Waals surface area contributed by atoms with Gasteiger partial charge in [-0.15, -0.1) is 24.8 Å². The Balaban J connectivity index is 0.000000980. The molecule has 1 heterocycles. The highest BCUT2D eigenvalue weighted by molar-refractivity contribution is 5.85. The SMILES string of the molecule is Cl.Cl.N[C@H]1CC(F)(F)CC12CCNCC2. The number of piperidine rings is 1. The highest BCUT2D eigenvalue weighted by atomic mass is 35.5. The second kappa shape index (κ2) is 5.13. The molecule has 0 radical (unpaired) electrons. The summed E-state index contributed by atoms with van der Waals surface area (Å²) in [7, 11) is 0. The van der Waals surface area contributed by atoms with Crippen LogP contribution >= 0.6 is 24.8 Å². The number of nitrogens with two attached hydrogens (primary N) is 1. The quantitative estimate of drug-likeness (QED) is 0.701. The minimum absolute atomic E-state index is 0. The number of alkyl halides is 2. The maximum absolute atomic E-state index is 13.1. The van der Waals surface area contributed by atoms with Gasteiger partial charge in [-0.2, -0.15) is 0 Å². The molecule has 1 spiro atoms. The maximum Gasteiger partial charge on any atom is 0.250 e. The Morgan fingerprint density at radius 2 is 1.67 bits per heavy atom. The number of hydrogen-bond donors (Lipinski definition) is 2. The van der Waals surface area contributed by atoms with Crippen LogP contribution in [0.25, 0.3) is 0 Å². The first kappa shape index (κ1) is 15.4. The molecular weight excluding hydrogens is 245 g/mol. The van der Waals surface area contributed by atoms with Gasteiger partial charge >= 0.3 is 0 Å². The Morgan fingerprint density at radius 1 is 1.13 bits per heavy atom. The molecule has 0 bridgehead atoms. The molecular formula is C9H18Cl2F2N2. The van der Waals surface area contributed by atoms with E-state index < -0.39 is 5.92 Å². The zero-order valence-corrected chi connectivity index (χ0v) is 10.1. The lowest BCUT2D eigenvalue weighted by atomic mass is 9.75. The smallest absolute Gasteiger partial charge is 0.250 e. The van der Waals surface area contributed by atoms with Gasteiger partial charge in [0.15, 0.2) is 0 Å². The second-order valence-electron chi connectivity index (χ2n) is 4.46. The summed E-state index contributed by atoms with van der Waals surface area (Å²) in [4.78, 5) is 0. The van der Waals surface area contributed by atoms with Crippen molar-refractivity contribution >= 4 is 24.8 Å². The summed E-state index contributed by atoms with van der Waals surface area (Å²) < 4.78 is 26.2. The van der Waals surface area contributed by atoms with Crippen molar-refractivity contribution in [2.24, 2.45) is 11.1 Å². The summed E-state index contributed by atoms with van der Waals surface area (Å²) in [5.41, 5.74) is 5.54. The van der Waals surface area contributed by atoms with E-state index in [0.717, 1.165) is 25.9 Å². The third kappa shape index (κ3) is 2.93. The molecule has 92 valence electrons. The van der Waals surface area contributed by atoms with Gasteiger partial charge in [-0.05, 0) is 31.3 Å². The van der Waals surface area contributed by atoms with Crippen molar-refractivity contribution in [1.82, 2.24) is 5.32 Å². The van der Waals surface area contributed by atoms with Crippen LogP contribution in [0.2, 0.25) is 0 Å². The summed E-state index contributed by atoms with van der Waals surface area (Å²) in [6.07, 6.45) is 1.50. The number of hydrogen-bond acceptors (Lipinski definition) is 2. The molecule has 2 fully saturated rings. The van der Waals surface area contributed by atoms with Crippen LogP contribution in [0.3, 0.4) is 0 Å². The van der Waals surface area contributed by atoms with Crippen molar-refractivity contribution in [3.8, 4) is 0 Å². The first-order valence-corrected chi connectivity index (χ1v) is 4.88. The number of nitrogens with one attached hydrogen (secondary N) is 1. The summed E-state index contributed by atoms with van der Waals surface area (Å²) in [5, 5.41) is 3.18. The summed E-state index contributed by atoms with van der Waals surface area (Å²) in [6, 6.07) is -0.301. The van der Waals surface area contributed by atoms with E-state index in [1.165, 1.54) is 0 Å². The van der Waals surface area contributed by atoms with Crippen molar-refractivity contribution in [1.29, 1.82) is 0 Å². The van der Waals surface area contributed by atoms with Gasteiger partial charge in [0.1, 0.15) is 0 Å². The molecule has 2 rings (SSSR count). The molecule has 2 nitrogen and oxygen atoms in total. The fourth-order valence-electron chi connectivity index (χ4n) is 2.73. The van der Waals surface area contributed by atoms with E-state index in [-0.39, 0.29) is 49.1 Å². The molecule has 1 aliphatic carbocycles. The first-order valence-electron chi connectivity index (χ1n) is 4.88. The van der Waals surface area contributed by atoms with E-state index in [2.05, 4.69) is 5.32 Å². The molecule has 1 atom stereocenters. The Labute approximate surface area is 101 Å². The zero-order chi connectivity index (χ0) is 9.53. The van der Waals surface area contributed by atoms with Crippen molar-refractivity contribution in [3.05, 3.63) is 0 Å². The third-order valence-corrected chi connectivity index (χ3v) is 3.52. The minimum Gasteiger partial charge on any atom is -0.327 e. The molecule has 0 aromatic rings. The summed E-state index contributed by atoms with van der Waals surface area (Å²) >= 11 is 0. The predicted molar refractivity (Wildman–Crippen MR) is 61.2 cm³/mol. The van der Waals surface area contributed by atoms with Crippen LogP contribution in [0, 0.1) is 5.41 Å². The maximum atomic E-state index is 13.1. The summed E-state index contributed by atoms with van der Waals surface area (Å²) in [5.74, 6) is -2.52. The number of halogens is 4. The predicted octanol–water partition coefficient (Wildman–Crippen LogP) is 1.96. The fraction of sp³-hybridized carbons (Fsp3) is 1.00. The Kier molecular flexibility index (Phi) is 5.25. The van der Waals surface area contributed by atoms with E-state index in [4.69, 9.17) is 5.73 Å². The van der Waals surface area contributed by atoms with E-state index in [1.807, 2.05) is 0 Å². The highest BCUT2D eigenvalue weighted by Gasteiger charge is 2.54. The van der Waals surface area contributed by atoms with E-state index in [0.29, 0.717) is 0 Å². The highest BCUT2D eigenvalue weighted by Crippen LogP contribution is 2.51. The van der Waals surface area contributed by atoms with Crippen molar-refractivity contribution in [2.45, 2.75) is 37.6 Å². The normalized spacial score (nSPS) is 31.8. The molecule has 15 heavy (non-hydrogen) atoms. The van der Waals surface area contributed by atoms with Crippen LogP contribution in [-0.2, 0) is 0 Å². The van der Waals surface area contributed by atoms with Gasteiger partial charge in [0, 0.05) is 18.9 Å². The molecule has 2 aliphatic rings. The van der Waals surface area contributed by atoms with Crippen molar-refractivity contribution in [3.63, 3.8) is 0 Å². The summed E-state index contributed by atoms with van der Waals surface area (Å²) in [6.45, 7) is 1.67. The van der Waals surface area contributed by atoms with Gasteiger partial charge in [0.05, 0.1) is 0 Å². The first-order chi connectivity index (χ1) is 6.04. The van der Waals surface area contributed by atoms with Crippen LogP contribution in [-0.4, -0.2) is 25.1 Å². The van der Waals surface area contributed by atoms with E-state index in [9.17, 15) is 8.78 Å². The topological polar surface area (TPSA) is 38.0 Å². The molecule has 0 aromatic carbocycles. The largest absolute Gasteiger partial charge is 0.327 e. The Bertz CT molecular complexity index is 208. The molecule has 0 unspecified atom stereocenters. The lowest BCUT2D eigenvalue weighted by Gasteiger charge is -2.37. The van der Waals surface area contributed by atoms with Crippen molar-refractivity contribution < 1.29 is 8.78 Å². The molecule has 1 saturated carbocycles. The van der Waals surface area contributed by atoms with Gasteiger partial charge in [-0.3, -0.25) is 0 Å². The van der Waals surface area contributed by atoms with Crippen molar-refractivity contribution in [2.75, 3.05) is 13.1 Å². The second-order valence-corrected chi connectivity index (χ2v) is 4.46. The molecule has 1 aliphatic heterocycles. The van der Waals surface area contributed by atoms with Gasteiger partial charge < -0.3 is 11.1 Å².